The van der Waals surface area contributed by atoms with Crippen LogP contribution < -0.4 is 10.6 Å². The monoisotopic (exact) mass is 287 g/mol. The van der Waals surface area contributed by atoms with Gasteiger partial charge in [0.25, 0.3) is 5.91 Å². The fraction of sp³-hybridized carbons (Fsp3) is 0.250. The largest absolute Gasteiger partial charge is 0.384 e. The number of nitrogens with one attached hydrogen (secondary N) is 2. The maximum atomic E-state index is 13.7. The predicted octanol–water partition coefficient (Wildman–Crippen LogP) is 3.60. The van der Waals surface area contributed by atoms with Gasteiger partial charge in [-0.05, 0) is 37.1 Å². The van der Waals surface area contributed by atoms with E-state index in [-0.39, 0.29) is 11.6 Å². The van der Waals surface area contributed by atoms with Crippen LogP contribution in [0.3, 0.4) is 0 Å². The summed E-state index contributed by atoms with van der Waals surface area (Å²) in [4.78, 5) is 16.3. The van der Waals surface area contributed by atoms with E-state index < -0.39 is 5.82 Å². The first-order chi connectivity index (χ1) is 10.1. The smallest absolute Gasteiger partial charge is 0.259 e. The minimum atomic E-state index is -0.457. The molecule has 0 radical (unpaired) electrons. The van der Waals surface area contributed by atoms with Crippen molar-refractivity contribution in [2.75, 3.05) is 17.2 Å². The highest BCUT2D eigenvalue weighted by Crippen LogP contribution is 2.19. The van der Waals surface area contributed by atoms with Crippen molar-refractivity contribution in [3.8, 4) is 0 Å². The van der Waals surface area contributed by atoms with E-state index in [0.717, 1.165) is 18.5 Å². The number of aromatic nitrogens is 1. The number of benzene rings is 1. The second-order valence-corrected chi connectivity index (χ2v) is 4.79. The van der Waals surface area contributed by atoms with Gasteiger partial charge < -0.3 is 10.6 Å². The van der Waals surface area contributed by atoms with Gasteiger partial charge in [-0.3, -0.25) is 9.78 Å². The van der Waals surface area contributed by atoms with E-state index in [1.807, 2.05) is 13.8 Å². The lowest BCUT2D eigenvalue weighted by atomic mass is 10.2. The van der Waals surface area contributed by atoms with Gasteiger partial charge in [0, 0.05) is 18.9 Å². The summed E-state index contributed by atoms with van der Waals surface area (Å²) >= 11 is 0. The van der Waals surface area contributed by atoms with Crippen molar-refractivity contribution in [3.63, 3.8) is 0 Å². The standard InChI is InChI=1S/C16H18FN3O/c1-3-7-19-14-6-8-18-10-12(14)16(21)20-15-9-11(2)4-5-13(15)17/h4-6,8-10H,3,7H2,1-2H3,(H,18,19)(H,20,21). The normalized spacial score (nSPS) is 10.2. The SMILES string of the molecule is CCCNc1ccncc1C(=O)Nc1cc(C)ccc1F. The number of nitrogens with zero attached hydrogens (tertiary/aromatic N) is 1. The van der Waals surface area contributed by atoms with Gasteiger partial charge in [0.2, 0.25) is 0 Å². The molecule has 2 N–H and O–H groups in total. The molecule has 0 aliphatic heterocycles. The highest BCUT2D eigenvalue weighted by Gasteiger charge is 2.13. The maximum Gasteiger partial charge on any atom is 0.259 e. The van der Waals surface area contributed by atoms with Crippen LogP contribution in [0.4, 0.5) is 15.8 Å². The second kappa shape index (κ2) is 6.83. The fourth-order valence-electron chi connectivity index (χ4n) is 1.91. The molecule has 4 nitrogen and oxygen atoms in total. The van der Waals surface area contributed by atoms with Crippen LogP contribution >= 0.6 is 0 Å². The van der Waals surface area contributed by atoms with Gasteiger partial charge in [-0.15, -0.1) is 0 Å². The first-order valence-corrected chi connectivity index (χ1v) is 6.87. The van der Waals surface area contributed by atoms with Gasteiger partial charge in [-0.1, -0.05) is 13.0 Å². The van der Waals surface area contributed by atoms with Crippen molar-refractivity contribution in [1.82, 2.24) is 4.98 Å². The molecule has 1 aromatic heterocycles. The number of rotatable bonds is 5. The van der Waals surface area contributed by atoms with Crippen molar-refractivity contribution in [1.29, 1.82) is 0 Å². The Morgan fingerprint density at radius 3 is 2.86 bits per heavy atom. The molecule has 0 bridgehead atoms. The Morgan fingerprint density at radius 1 is 1.29 bits per heavy atom. The lowest BCUT2D eigenvalue weighted by molar-refractivity contribution is 0.102. The third-order valence-electron chi connectivity index (χ3n) is 3.00. The summed E-state index contributed by atoms with van der Waals surface area (Å²) < 4.78 is 13.7. The number of hydrogen-bond donors (Lipinski definition) is 2. The van der Waals surface area contributed by atoms with Gasteiger partial charge in [0.05, 0.1) is 16.9 Å². The average molecular weight is 287 g/mol. The molecule has 0 aliphatic rings. The minimum Gasteiger partial charge on any atom is -0.384 e. The molecule has 110 valence electrons. The first-order valence-electron chi connectivity index (χ1n) is 6.87. The molecular formula is C16H18FN3O. The van der Waals surface area contributed by atoms with E-state index in [9.17, 15) is 9.18 Å². The Bertz CT molecular complexity index is 643. The summed E-state index contributed by atoms with van der Waals surface area (Å²) in [5.41, 5.74) is 2.14. The summed E-state index contributed by atoms with van der Waals surface area (Å²) in [6.07, 6.45) is 4.03. The third-order valence-corrected chi connectivity index (χ3v) is 3.00. The van der Waals surface area contributed by atoms with Crippen LogP contribution in [0.5, 0.6) is 0 Å². The molecule has 0 saturated carbocycles. The fourth-order valence-corrected chi connectivity index (χ4v) is 1.91. The van der Waals surface area contributed by atoms with Crippen LogP contribution in [-0.4, -0.2) is 17.4 Å². The van der Waals surface area contributed by atoms with Crippen molar-refractivity contribution in [3.05, 3.63) is 53.6 Å². The average Bonchev–Trinajstić information content (AvgIpc) is 2.49. The molecule has 5 heteroatoms. The van der Waals surface area contributed by atoms with Gasteiger partial charge in [-0.2, -0.15) is 0 Å². The van der Waals surface area contributed by atoms with Crippen molar-refractivity contribution >= 4 is 17.3 Å². The number of amides is 1. The maximum absolute atomic E-state index is 13.7. The molecule has 0 aliphatic carbocycles. The molecule has 0 spiro atoms. The second-order valence-electron chi connectivity index (χ2n) is 4.79. The molecule has 0 saturated heterocycles. The summed E-state index contributed by atoms with van der Waals surface area (Å²) in [6, 6.07) is 6.33. The first kappa shape index (κ1) is 15.0. The number of anilines is 2. The summed E-state index contributed by atoms with van der Waals surface area (Å²) in [5.74, 6) is -0.841. The van der Waals surface area contributed by atoms with Gasteiger partial charge in [0.15, 0.2) is 0 Å². The van der Waals surface area contributed by atoms with Crippen LogP contribution in [0.1, 0.15) is 29.3 Å². The molecule has 0 atom stereocenters. The van der Waals surface area contributed by atoms with Crippen molar-refractivity contribution < 1.29 is 9.18 Å². The number of carbonyl (C=O) groups is 1. The zero-order valence-corrected chi connectivity index (χ0v) is 12.1. The molecule has 0 unspecified atom stereocenters. The summed E-state index contributed by atoms with van der Waals surface area (Å²) in [5, 5.41) is 5.75. The Balaban J connectivity index is 2.22. The van der Waals surface area contributed by atoms with Crippen molar-refractivity contribution in [2.45, 2.75) is 20.3 Å². The molecule has 2 rings (SSSR count). The predicted molar refractivity (Wildman–Crippen MR) is 82.1 cm³/mol. The summed E-state index contributed by atoms with van der Waals surface area (Å²) in [6.45, 7) is 4.63. The molecule has 1 amide bonds. The summed E-state index contributed by atoms with van der Waals surface area (Å²) in [7, 11) is 0. The van der Waals surface area contributed by atoms with E-state index in [1.165, 1.54) is 12.3 Å². The van der Waals surface area contributed by atoms with E-state index in [1.54, 1.807) is 24.4 Å². The topological polar surface area (TPSA) is 54.0 Å². The Labute approximate surface area is 123 Å². The number of aryl methyl sites for hydroxylation is 1. The zero-order chi connectivity index (χ0) is 15.2. The van der Waals surface area contributed by atoms with Crippen LogP contribution in [0.25, 0.3) is 0 Å². The van der Waals surface area contributed by atoms with Crippen LogP contribution in [0.2, 0.25) is 0 Å². The number of carbonyl (C=O) groups excluding carboxylic acids is 1. The molecule has 1 aromatic carbocycles. The Kier molecular flexibility index (Phi) is 4.87. The van der Waals surface area contributed by atoms with Gasteiger partial charge >= 0.3 is 0 Å². The van der Waals surface area contributed by atoms with Crippen LogP contribution in [0.15, 0.2) is 36.7 Å². The number of halogens is 1. The van der Waals surface area contributed by atoms with E-state index in [2.05, 4.69) is 15.6 Å². The van der Waals surface area contributed by atoms with Crippen molar-refractivity contribution in [2.24, 2.45) is 0 Å². The van der Waals surface area contributed by atoms with E-state index in [4.69, 9.17) is 0 Å². The third kappa shape index (κ3) is 3.78. The van der Waals surface area contributed by atoms with E-state index >= 15 is 0 Å². The molecule has 1 heterocycles. The highest BCUT2D eigenvalue weighted by atomic mass is 19.1. The molecule has 21 heavy (non-hydrogen) atoms. The van der Waals surface area contributed by atoms with Crippen LogP contribution in [-0.2, 0) is 0 Å². The zero-order valence-electron chi connectivity index (χ0n) is 12.1. The quantitative estimate of drug-likeness (QED) is 0.883. The Morgan fingerprint density at radius 2 is 2.10 bits per heavy atom. The molecule has 0 fully saturated rings. The Hall–Kier alpha value is -2.43. The molecule has 2 aromatic rings. The van der Waals surface area contributed by atoms with Gasteiger partial charge in [0.1, 0.15) is 5.82 Å². The van der Waals surface area contributed by atoms with E-state index in [0.29, 0.717) is 11.3 Å². The molecular weight excluding hydrogens is 269 g/mol. The number of pyridine rings is 1. The number of hydrogen-bond acceptors (Lipinski definition) is 3. The van der Waals surface area contributed by atoms with Gasteiger partial charge in [-0.25, -0.2) is 4.39 Å². The van der Waals surface area contributed by atoms with Crippen LogP contribution in [0, 0.1) is 12.7 Å². The lowest BCUT2D eigenvalue weighted by Gasteiger charge is -2.12. The minimum absolute atomic E-state index is 0.172. The highest BCUT2D eigenvalue weighted by molar-refractivity contribution is 6.07. The lowest BCUT2D eigenvalue weighted by Crippen LogP contribution is -2.16.